The van der Waals surface area contributed by atoms with Crippen LogP contribution in [0.4, 0.5) is 0 Å². The van der Waals surface area contributed by atoms with Crippen molar-refractivity contribution in [2.24, 2.45) is 11.8 Å². The quantitative estimate of drug-likeness (QED) is 0.763. The predicted octanol–water partition coefficient (Wildman–Crippen LogP) is 0.834. The molecule has 0 aliphatic carbocycles. The van der Waals surface area contributed by atoms with Gasteiger partial charge in [0.05, 0.1) is 0 Å². The van der Waals surface area contributed by atoms with Gasteiger partial charge in [0.15, 0.2) is 0 Å². The lowest BCUT2D eigenvalue weighted by Crippen LogP contribution is -2.32. The lowest BCUT2D eigenvalue weighted by atomic mass is 9.93. The zero-order valence-electron chi connectivity index (χ0n) is 11.6. The summed E-state index contributed by atoms with van der Waals surface area (Å²) in [6, 6.07) is 0. The average Bonchev–Trinajstić information content (AvgIpc) is 2.81. The number of carbonyl (C=O) groups excluding carboxylic acids is 1. The zero-order chi connectivity index (χ0) is 12.8. The molecule has 0 aromatic rings. The molecule has 0 radical (unpaired) electrons. The van der Waals surface area contributed by atoms with Crippen molar-refractivity contribution in [2.45, 2.75) is 32.1 Å². The fourth-order valence-electron chi connectivity index (χ4n) is 3.05. The van der Waals surface area contributed by atoms with E-state index >= 15 is 0 Å². The highest BCUT2D eigenvalue weighted by Crippen LogP contribution is 2.17. The van der Waals surface area contributed by atoms with Crippen LogP contribution in [-0.4, -0.2) is 50.6 Å². The van der Waals surface area contributed by atoms with Crippen LogP contribution >= 0.6 is 0 Å². The molecule has 2 N–H and O–H groups in total. The Morgan fingerprint density at radius 1 is 1.28 bits per heavy atom. The third-order valence-electron chi connectivity index (χ3n) is 4.32. The Morgan fingerprint density at radius 2 is 2.06 bits per heavy atom. The molecule has 4 heteroatoms. The van der Waals surface area contributed by atoms with E-state index in [1.807, 2.05) is 0 Å². The highest BCUT2D eigenvalue weighted by Gasteiger charge is 2.20. The number of likely N-dealkylation sites (tertiary alicyclic amines) is 1. The predicted molar refractivity (Wildman–Crippen MR) is 73.4 cm³/mol. The minimum atomic E-state index is 0.253. The van der Waals surface area contributed by atoms with Crippen molar-refractivity contribution in [1.82, 2.24) is 15.5 Å². The van der Waals surface area contributed by atoms with Crippen molar-refractivity contribution >= 4 is 5.91 Å². The Balaban J connectivity index is 1.54. The Morgan fingerprint density at radius 3 is 2.72 bits per heavy atom. The summed E-state index contributed by atoms with van der Waals surface area (Å²) in [5, 5.41) is 6.47. The van der Waals surface area contributed by atoms with Crippen LogP contribution in [0.2, 0.25) is 0 Å². The summed E-state index contributed by atoms with van der Waals surface area (Å²) in [5.41, 5.74) is 0. The monoisotopic (exact) mass is 253 g/mol. The number of amides is 1. The second-order valence-electron chi connectivity index (χ2n) is 5.95. The molecule has 2 saturated heterocycles. The van der Waals surface area contributed by atoms with Gasteiger partial charge in [-0.2, -0.15) is 0 Å². The topological polar surface area (TPSA) is 44.4 Å². The molecule has 104 valence electrons. The van der Waals surface area contributed by atoms with E-state index in [1.165, 1.54) is 25.8 Å². The third-order valence-corrected chi connectivity index (χ3v) is 4.32. The molecular formula is C14H27N3O. The number of hydrogen-bond donors (Lipinski definition) is 2. The largest absolute Gasteiger partial charge is 0.356 e. The number of nitrogens with zero attached hydrogens (tertiary/aromatic N) is 1. The lowest BCUT2D eigenvalue weighted by molar-refractivity contribution is -0.121. The minimum Gasteiger partial charge on any atom is -0.356 e. The minimum absolute atomic E-state index is 0.253. The van der Waals surface area contributed by atoms with Crippen molar-refractivity contribution in [3.8, 4) is 0 Å². The molecule has 2 aliphatic rings. The van der Waals surface area contributed by atoms with Crippen LogP contribution in [0.3, 0.4) is 0 Å². The summed E-state index contributed by atoms with van der Waals surface area (Å²) in [4.78, 5) is 14.1. The highest BCUT2D eigenvalue weighted by molar-refractivity contribution is 5.75. The van der Waals surface area contributed by atoms with E-state index in [1.54, 1.807) is 0 Å². The number of piperidine rings is 1. The molecule has 1 unspecified atom stereocenters. The van der Waals surface area contributed by atoms with Gasteiger partial charge in [0.2, 0.25) is 5.91 Å². The molecule has 2 rings (SSSR count). The summed E-state index contributed by atoms with van der Waals surface area (Å²) >= 11 is 0. The average molecular weight is 253 g/mol. The number of rotatable bonds is 5. The molecule has 0 aromatic heterocycles. The van der Waals surface area contributed by atoms with Gasteiger partial charge in [0.1, 0.15) is 0 Å². The van der Waals surface area contributed by atoms with Gasteiger partial charge in [-0.1, -0.05) is 0 Å². The normalized spacial score (nSPS) is 26.4. The molecule has 0 aromatic carbocycles. The van der Waals surface area contributed by atoms with Crippen molar-refractivity contribution in [2.75, 3.05) is 39.8 Å². The Labute approximate surface area is 110 Å². The van der Waals surface area contributed by atoms with E-state index in [-0.39, 0.29) is 5.91 Å². The summed E-state index contributed by atoms with van der Waals surface area (Å²) in [5.74, 6) is 1.68. The van der Waals surface area contributed by atoms with E-state index < -0.39 is 0 Å². The second-order valence-corrected chi connectivity index (χ2v) is 5.95. The standard InChI is InChI=1S/C14H27N3O/c1-17-9-6-13(11-17)10-16-14(18)3-2-12-4-7-15-8-5-12/h12-13,15H,2-11H2,1H3,(H,16,18). The molecule has 0 spiro atoms. The SMILES string of the molecule is CN1CCC(CNC(=O)CCC2CCNCC2)C1. The first-order valence-corrected chi connectivity index (χ1v) is 7.40. The Kier molecular flexibility index (Phi) is 5.45. The van der Waals surface area contributed by atoms with Gasteiger partial charge < -0.3 is 15.5 Å². The van der Waals surface area contributed by atoms with E-state index in [0.717, 1.165) is 38.5 Å². The molecule has 0 bridgehead atoms. The van der Waals surface area contributed by atoms with Crippen LogP contribution in [0, 0.1) is 11.8 Å². The van der Waals surface area contributed by atoms with E-state index in [0.29, 0.717) is 12.3 Å². The van der Waals surface area contributed by atoms with Gasteiger partial charge >= 0.3 is 0 Å². The molecule has 1 amide bonds. The van der Waals surface area contributed by atoms with Gasteiger partial charge in [-0.05, 0) is 64.2 Å². The number of carbonyl (C=O) groups is 1. The lowest BCUT2D eigenvalue weighted by Gasteiger charge is -2.22. The van der Waals surface area contributed by atoms with Crippen molar-refractivity contribution < 1.29 is 4.79 Å². The second kappa shape index (κ2) is 7.10. The zero-order valence-corrected chi connectivity index (χ0v) is 11.6. The van der Waals surface area contributed by atoms with E-state index in [4.69, 9.17) is 0 Å². The number of nitrogens with one attached hydrogen (secondary N) is 2. The van der Waals surface area contributed by atoms with Crippen LogP contribution in [0.25, 0.3) is 0 Å². The Bertz CT molecular complexity index is 253. The molecule has 0 saturated carbocycles. The number of hydrogen-bond acceptors (Lipinski definition) is 3. The molecule has 2 heterocycles. The first kappa shape index (κ1) is 13.8. The van der Waals surface area contributed by atoms with Crippen LogP contribution in [0.15, 0.2) is 0 Å². The van der Waals surface area contributed by atoms with Crippen LogP contribution < -0.4 is 10.6 Å². The third kappa shape index (κ3) is 4.58. The summed E-state index contributed by atoms with van der Waals surface area (Å²) in [6.07, 6.45) is 5.48. The smallest absolute Gasteiger partial charge is 0.220 e. The summed E-state index contributed by atoms with van der Waals surface area (Å²) in [7, 11) is 2.15. The first-order chi connectivity index (χ1) is 8.74. The Hall–Kier alpha value is -0.610. The highest BCUT2D eigenvalue weighted by atomic mass is 16.1. The first-order valence-electron chi connectivity index (χ1n) is 7.40. The fraction of sp³-hybridized carbons (Fsp3) is 0.929. The van der Waals surface area contributed by atoms with Gasteiger partial charge in [0.25, 0.3) is 0 Å². The van der Waals surface area contributed by atoms with Crippen molar-refractivity contribution in [3.63, 3.8) is 0 Å². The van der Waals surface area contributed by atoms with Crippen LogP contribution in [0.5, 0.6) is 0 Å². The van der Waals surface area contributed by atoms with Gasteiger partial charge in [-0.25, -0.2) is 0 Å². The van der Waals surface area contributed by atoms with Gasteiger partial charge in [0, 0.05) is 19.5 Å². The molecular weight excluding hydrogens is 226 g/mol. The summed E-state index contributed by atoms with van der Waals surface area (Å²) in [6.45, 7) is 5.43. The summed E-state index contributed by atoms with van der Waals surface area (Å²) < 4.78 is 0. The van der Waals surface area contributed by atoms with Gasteiger partial charge in [-0.3, -0.25) is 4.79 Å². The van der Waals surface area contributed by atoms with Crippen molar-refractivity contribution in [1.29, 1.82) is 0 Å². The maximum Gasteiger partial charge on any atom is 0.220 e. The van der Waals surface area contributed by atoms with E-state index in [9.17, 15) is 4.79 Å². The maximum atomic E-state index is 11.8. The van der Waals surface area contributed by atoms with Crippen LogP contribution in [-0.2, 0) is 4.79 Å². The van der Waals surface area contributed by atoms with Crippen LogP contribution in [0.1, 0.15) is 32.1 Å². The molecule has 2 aliphatic heterocycles. The molecule has 18 heavy (non-hydrogen) atoms. The molecule has 2 fully saturated rings. The van der Waals surface area contributed by atoms with Crippen molar-refractivity contribution in [3.05, 3.63) is 0 Å². The van der Waals surface area contributed by atoms with Gasteiger partial charge in [-0.15, -0.1) is 0 Å². The molecule has 1 atom stereocenters. The molecule has 4 nitrogen and oxygen atoms in total. The maximum absolute atomic E-state index is 11.8. The van der Waals surface area contributed by atoms with E-state index in [2.05, 4.69) is 22.6 Å². The fourth-order valence-corrected chi connectivity index (χ4v) is 3.05.